The maximum Gasteiger partial charge on any atom is 0.227 e. The molecule has 1 amide bonds. The van der Waals surface area contributed by atoms with Crippen molar-refractivity contribution in [3.05, 3.63) is 59.2 Å². The summed E-state index contributed by atoms with van der Waals surface area (Å²) in [5.74, 6) is 3.20. The third kappa shape index (κ3) is 6.29. The Labute approximate surface area is 166 Å². The lowest BCUT2D eigenvalue weighted by Crippen LogP contribution is -2.31. The van der Waals surface area contributed by atoms with Gasteiger partial charge in [-0.05, 0) is 54.8 Å². The van der Waals surface area contributed by atoms with Crippen LogP contribution in [0, 0.1) is 13.8 Å². The van der Waals surface area contributed by atoms with E-state index in [0.29, 0.717) is 13.0 Å². The molecular formula is C22H28N2O2S. The van der Waals surface area contributed by atoms with E-state index in [4.69, 9.17) is 4.74 Å². The van der Waals surface area contributed by atoms with E-state index in [1.807, 2.05) is 42.1 Å². The Bertz CT molecular complexity index is 773. The van der Waals surface area contributed by atoms with Crippen LogP contribution in [0.2, 0.25) is 0 Å². The first-order chi connectivity index (χ1) is 13.1. The number of aryl methyl sites for hydroxylation is 2. The second-order valence-electron chi connectivity index (χ2n) is 6.98. The van der Waals surface area contributed by atoms with Gasteiger partial charge in [0.1, 0.15) is 5.75 Å². The summed E-state index contributed by atoms with van der Waals surface area (Å²) < 4.78 is 5.70. The molecule has 0 spiro atoms. The molecule has 1 N–H and O–H groups in total. The molecule has 144 valence electrons. The molecule has 0 radical (unpaired) electrons. The largest absolute Gasteiger partial charge is 0.493 e. The summed E-state index contributed by atoms with van der Waals surface area (Å²) >= 11 is 2.02. The molecule has 0 aromatic heterocycles. The molecule has 1 heterocycles. The zero-order valence-corrected chi connectivity index (χ0v) is 17.0. The molecule has 3 rings (SSSR count). The summed E-state index contributed by atoms with van der Waals surface area (Å²) in [5.41, 5.74) is 4.53. The van der Waals surface area contributed by atoms with Gasteiger partial charge in [-0.25, -0.2) is 0 Å². The van der Waals surface area contributed by atoms with Crippen molar-refractivity contribution in [3.63, 3.8) is 0 Å². The second kappa shape index (κ2) is 9.81. The number of ether oxygens (including phenoxy) is 1. The first-order valence-corrected chi connectivity index (χ1v) is 10.6. The minimum absolute atomic E-state index is 0.0228. The lowest BCUT2D eigenvalue weighted by atomic mass is 10.1. The number of anilines is 1. The molecule has 2 aromatic rings. The van der Waals surface area contributed by atoms with E-state index in [1.165, 1.54) is 28.2 Å². The zero-order valence-electron chi connectivity index (χ0n) is 16.2. The number of hydrogen-bond donors (Lipinski definition) is 1. The fraction of sp³-hybridized carbons (Fsp3) is 0.409. The van der Waals surface area contributed by atoms with Gasteiger partial charge in [0.2, 0.25) is 5.91 Å². The fourth-order valence-electron chi connectivity index (χ4n) is 3.05. The maximum absolute atomic E-state index is 12.2. The summed E-state index contributed by atoms with van der Waals surface area (Å²) in [5, 5.41) is 2.98. The minimum atomic E-state index is -0.0228. The molecule has 1 aliphatic heterocycles. The van der Waals surface area contributed by atoms with Crippen molar-refractivity contribution in [1.29, 1.82) is 0 Å². The van der Waals surface area contributed by atoms with Gasteiger partial charge in [0.05, 0.1) is 13.0 Å². The summed E-state index contributed by atoms with van der Waals surface area (Å²) in [6, 6.07) is 14.1. The van der Waals surface area contributed by atoms with Gasteiger partial charge in [0, 0.05) is 36.8 Å². The third-order valence-corrected chi connectivity index (χ3v) is 5.74. The monoisotopic (exact) mass is 384 g/mol. The molecule has 2 aromatic carbocycles. The van der Waals surface area contributed by atoms with Crippen molar-refractivity contribution in [2.45, 2.75) is 26.8 Å². The molecule has 0 aliphatic carbocycles. The minimum Gasteiger partial charge on any atom is -0.493 e. The van der Waals surface area contributed by atoms with E-state index >= 15 is 0 Å². The van der Waals surface area contributed by atoms with Crippen LogP contribution in [0.5, 0.6) is 5.75 Å². The first kappa shape index (κ1) is 19.8. The Morgan fingerprint density at radius 1 is 1.11 bits per heavy atom. The van der Waals surface area contributed by atoms with Crippen molar-refractivity contribution in [2.24, 2.45) is 0 Å². The molecular weight excluding hydrogens is 356 g/mol. The molecule has 4 nitrogen and oxygen atoms in total. The summed E-state index contributed by atoms with van der Waals surface area (Å²) in [6.07, 6.45) is 0.334. The normalized spacial score (nSPS) is 14.7. The average Bonchev–Trinajstić information content (AvgIpc) is 2.66. The van der Waals surface area contributed by atoms with Crippen LogP contribution in [0.15, 0.2) is 42.5 Å². The van der Waals surface area contributed by atoms with Gasteiger partial charge in [0.15, 0.2) is 0 Å². The Hall–Kier alpha value is -1.98. The highest BCUT2D eigenvalue weighted by Crippen LogP contribution is 2.18. The number of carbonyl (C=O) groups is 1. The van der Waals surface area contributed by atoms with Gasteiger partial charge in [-0.15, -0.1) is 0 Å². The maximum atomic E-state index is 12.2. The number of nitrogens with zero attached hydrogens (tertiary/aromatic N) is 1. The number of nitrogens with one attached hydrogen (secondary N) is 1. The standard InChI is InChI=1S/C22H28N2O2S/c1-17-6-7-21(14-18(17)2)26-11-8-22(25)23-20-5-3-4-19(15-20)16-24-9-12-27-13-10-24/h3-7,14-15H,8-13,16H2,1-2H3,(H,23,25). The van der Waals surface area contributed by atoms with E-state index in [0.717, 1.165) is 31.1 Å². The van der Waals surface area contributed by atoms with Crippen LogP contribution in [-0.2, 0) is 11.3 Å². The molecule has 0 atom stereocenters. The molecule has 0 saturated carbocycles. The zero-order chi connectivity index (χ0) is 19.1. The van der Waals surface area contributed by atoms with Crippen LogP contribution in [0.3, 0.4) is 0 Å². The van der Waals surface area contributed by atoms with Gasteiger partial charge in [-0.3, -0.25) is 9.69 Å². The van der Waals surface area contributed by atoms with Crippen LogP contribution in [-0.4, -0.2) is 42.0 Å². The van der Waals surface area contributed by atoms with Crippen LogP contribution in [0.25, 0.3) is 0 Å². The highest BCUT2D eigenvalue weighted by Gasteiger charge is 2.11. The number of carbonyl (C=O) groups excluding carboxylic acids is 1. The topological polar surface area (TPSA) is 41.6 Å². The van der Waals surface area contributed by atoms with Crippen molar-refractivity contribution >= 4 is 23.4 Å². The van der Waals surface area contributed by atoms with Gasteiger partial charge in [-0.2, -0.15) is 11.8 Å². The fourth-order valence-corrected chi connectivity index (χ4v) is 4.03. The van der Waals surface area contributed by atoms with Crippen LogP contribution in [0.4, 0.5) is 5.69 Å². The number of benzene rings is 2. The lowest BCUT2D eigenvalue weighted by molar-refractivity contribution is -0.116. The average molecular weight is 385 g/mol. The first-order valence-electron chi connectivity index (χ1n) is 9.49. The van der Waals surface area contributed by atoms with Crippen LogP contribution < -0.4 is 10.1 Å². The third-order valence-electron chi connectivity index (χ3n) is 4.80. The van der Waals surface area contributed by atoms with E-state index in [-0.39, 0.29) is 5.91 Å². The summed E-state index contributed by atoms with van der Waals surface area (Å²) in [4.78, 5) is 14.7. The molecule has 0 unspecified atom stereocenters. The number of thioether (sulfide) groups is 1. The Morgan fingerprint density at radius 3 is 2.70 bits per heavy atom. The van der Waals surface area contributed by atoms with Gasteiger partial charge in [-0.1, -0.05) is 18.2 Å². The van der Waals surface area contributed by atoms with Crippen molar-refractivity contribution in [3.8, 4) is 5.75 Å². The van der Waals surface area contributed by atoms with Crippen LogP contribution in [0.1, 0.15) is 23.1 Å². The smallest absolute Gasteiger partial charge is 0.227 e. The number of hydrogen-bond acceptors (Lipinski definition) is 4. The second-order valence-corrected chi connectivity index (χ2v) is 8.21. The van der Waals surface area contributed by atoms with E-state index in [2.05, 4.69) is 36.2 Å². The highest BCUT2D eigenvalue weighted by atomic mass is 32.2. The molecule has 1 saturated heterocycles. The quantitative estimate of drug-likeness (QED) is 0.774. The SMILES string of the molecule is Cc1ccc(OCCC(=O)Nc2cccc(CN3CCSCC3)c2)cc1C. The van der Waals surface area contributed by atoms with E-state index in [1.54, 1.807) is 0 Å². The number of amides is 1. The molecule has 5 heteroatoms. The Balaban J connectivity index is 1.45. The predicted octanol–water partition coefficient (Wildman–Crippen LogP) is 4.26. The highest BCUT2D eigenvalue weighted by molar-refractivity contribution is 7.99. The number of rotatable bonds is 7. The summed E-state index contributed by atoms with van der Waals surface area (Å²) in [7, 11) is 0. The van der Waals surface area contributed by atoms with Crippen molar-refractivity contribution in [1.82, 2.24) is 4.90 Å². The molecule has 27 heavy (non-hydrogen) atoms. The lowest BCUT2D eigenvalue weighted by Gasteiger charge is -2.26. The Kier molecular flexibility index (Phi) is 7.18. The summed E-state index contributed by atoms with van der Waals surface area (Å²) in [6.45, 7) is 7.73. The van der Waals surface area contributed by atoms with Gasteiger partial charge in [0.25, 0.3) is 0 Å². The van der Waals surface area contributed by atoms with E-state index in [9.17, 15) is 4.79 Å². The van der Waals surface area contributed by atoms with Crippen molar-refractivity contribution in [2.75, 3.05) is 36.5 Å². The van der Waals surface area contributed by atoms with E-state index < -0.39 is 0 Å². The Morgan fingerprint density at radius 2 is 1.93 bits per heavy atom. The molecule has 1 aliphatic rings. The van der Waals surface area contributed by atoms with Gasteiger partial charge >= 0.3 is 0 Å². The predicted molar refractivity (Wildman–Crippen MR) is 114 cm³/mol. The van der Waals surface area contributed by atoms with Gasteiger partial charge < -0.3 is 10.1 Å². The molecule has 1 fully saturated rings. The van der Waals surface area contributed by atoms with Crippen LogP contribution >= 0.6 is 11.8 Å². The molecule has 0 bridgehead atoms. The van der Waals surface area contributed by atoms with Crippen molar-refractivity contribution < 1.29 is 9.53 Å².